The van der Waals surface area contributed by atoms with Crippen molar-refractivity contribution in [3.05, 3.63) is 83.4 Å². The lowest BCUT2D eigenvalue weighted by molar-refractivity contribution is -0.135. The second-order valence-corrected chi connectivity index (χ2v) is 16.7. The van der Waals surface area contributed by atoms with Crippen molar-refractivity contribution in [3.63, 3.8) is 0 Å². The molecule has 16 nitrogen and oxygen atoms in total. The number of para-hydroxylation sites is 1. The van der Waals surface area contributed by atoms with Crippen molar-refractivity contribution in [1.29, 1.82) is 0 Å². The summed E-state index contributed by atoms with van der Waals surface area (Å²) in [5.41, 5.74) is 2.95. The summed E-state index contributed by atoms with van der Waals surface area (Å²) in [6.45, 7) is 8.43. The van der Waals surface area contributed by atoms with E-state index in [0.717, 1.165) is 29.3 Å². The Morgan fingerprint density at radius 1 is 0.833 bits per heavy atom. The van der Waals surface area contributed by atoms with Crippen LogP contribution in [0.5, 0.6) is 5.75 Å². The molecule has 0 unspecified atom stereocenters. The largest absolute Gasteiger partial charge is 0.497 e. The van der Waals surface area contributed by atoms with E-state index >= 15 is 0 Å². The minimum atomic E-state index is -1.19. The summed E-state index contributed by atoms with van der Waals surface area (Å²) in [5.74, 6) is -3.20. The van der Waals surface area contributed by atoms with Crippen LogP contribution in [0.1, 0.15) is 87.2 Å². The van der Waals surface area contributed by atoms with Crippen molar-refractivity contribution >= 4 is 46.3 Å². The van der Waals surface area contributed by atoms with Gasteiger partial charge in [0.25, 0.3) is 5.91 Å². The van der Waals surface area contributed by atoms with Crippen molar-refractivity contribution in [2.45, 2.75) is 103 Å². The number of rotatable bonds is 10. The van der Waals surface area contributed by atoms with Crippen molar-refractivity contribution in [3.8, 4) is 5.75 Å². The molecule has 1 aliphatic carbocycles. The van der Waals surface area contributed by atoms with E-state index in [1.807, 2.05) is 52.0 Å². The molecule has 1 saturated heterocycles. The van der Waals surface area contributed by atoms with Gasteiger partial charge in [-0.3, -0.25) is 28.8 Å². The molecule has 0 bridgehead atoms. The Hall–Kier alpha value is -6.19. The molecule has 5 atom stereocenters. The van der Waals surface area contributed by atoms with Crippen LogP contribution in [0.2, 0.25) is 0 Å². The number of aromatic amines is 1. The third-order valence-corrected chi connectivity index (χ3v) is 11.0. The van der Waals surface area contributed by atoms with E-state index in [1.54, 1.807) is 43.6 Å². The topological polar surface area (TPSA) is 217 Å². The fraction of sp³-hybridized carbons (Fsp3) is 0.477. The second-order valence-electron chi connectivity index (χ2n) is 16.7. The van der Waals surface area contributed by atoms with Crippen LogP contribution in [0, 0.1) is 11.8 Å². The van der Waals surface area contributed by atoms with Crippen LogP contribution in [-0.4, -0.2) is 101 Å². The van der Waals surface area contributed by atoms with Gasteiger partial charge in [-0.2, -0.15) is 0 Å². The molecule has 320 valence electrons. The molecule has 60 heavy (non-hydrogen) atoms. The summed E-state index contributed by atoms with van der Waals surface area (Å²) in [5, 5.41) is 19.2. The van der Waals surface area contributed by atoms with Gasteiger partial charge in [-0.25, -0.2) is 0 Å². The van der Waals surface area contributed by atoms with Gasteiger partial charge in [-0.15, -0.1) is 0 Å². The molecule has 6 amide bonds. The normalized spacial score (nSPS) is 22.7. The van der Waals surface area contributed by atoms with Crippen LogP contribution in [0.25, 0.3) is 10.9 Å². The molecule has 1 aliphatic heterocycles. The Labute approximate surface area is 349 Å². The van der Waals surface area contributed by atoms with Crippen LogP contribution in [-0.2, 0) is 36.8 Å². The summed E-state index contributed by atoms with van der Waals surface area (Å²) in [6, 6.07) is 11.0. The van der Waals surface area contributed by atoms with Gasteiger partial charge in [-0.05, 0) is 67.3 Å². The Balaban J connectivity index is 1.37. The second kappa shape index (κ2) is 19.3. The average molecular weight is 825 g/mol. The minimum absolute atomic E-state index is 0.0451. The van der Waals surface area contributed by atoms with Gasteiger partial charge in [0, 0.05) is 54.5 Å². The van der Waals surface area contributed by atoms with E-state index in [1.165, 1.54) is 11.8 Å². The predicted molar refractivity (Wildman–Crippen MR) is 223 cm³/mol. The first-order valence-corrected chi connectivity index (χ1v) is 20.6. The first-order valence-electron chi connectivity index (χ1n) is 20.6. The van der Waals surface area contributed by atoms with Gasteiger partial charge >= 0.3 is 0 Å². The first-order chi connectivity index (χ1) is 28.7. The number of amides is 6. The lowest BCUT2D eigenvalue weighted by Crippen LogP contribution is -2.60. The molecule has 1 saturated carbocycles. The summed E-state index contributed by atoms with van der Waals surface area (Å²) >= 11 is 0. The van der Waals surface area contributed by atoms with Crippen LogP contribution in [0.15, 0.2) is 65.3 Å². The SMILES string of the molecule is COc1ccc(C[C@@H]2NC(=O)[C@H](CC(C)C)NC(=O)[C@@H](Cc3c[nH]c4ccccc34)NC(=O)CN(C(=O)c3cc(C4CC4)no3)C[C@H](C(C)C)NC(=O)[C@@H](C)NC2=O)cc1. The standard InChI is InChI=1S/C44H56N8O8/c1-24(2)17-34-42(56)49-35(18-27-11-15-30(59-6)16-12-27)41(55)46-26(5)40(54)50-37(25(3)4)22-52(44(58)38-20-33(51-60-38)28-13-14-28)23-39(53)47-36(43(57)48-34)19-29-21-45-32-10-8-7-9-31(29)32/h7-12,15-16,20-21,24-26,28,34-37,45H,13-14,17-19,22-23H2,1-6H3,(H,46,55)(H,47,53)(H,48,57)(H,49,56)(H,50,54)/t26-,34+,35+,36-,37-/m1/s1. The zero-order chi connectivity index (χ0) is 43.1. The number of H-pyrrole nitrogens is 1. The summed E-state index contributed by atoms with van der Waals surface area (Å²) in [6.07, 6.45) is 3.95. The highest BCUT2D eigenvalue weighted by Crippen LogP contribution is 2.39. The molecule has 3 heterocycles. The summed E-state index contributed by atoms with van der Waals surface area (Å²) in [4.78, 5) is 89.2. The Kier molecular flexibility index (Phi) is 13.9. The number of carbonyl (C=O) groups is 6. The molecule has 2 fully saturated rings. The number of benzene rings is 2. The van der Waals surface area contributed by atoms with Crippen molar-refractivity contribution in [1.82, 2.24) is 41.6 Å². The third kappa shape index (κ3) is 11.1. The molecule has 0 spiro atoms. The Bertz CT molecular complexity index is 2170. The molecule has 2 aliphatic rings. The highest BCUT2D eigenvalue weighted by atomic mass is 16.5. The quantitative estimate of drug-likeness (QED) is 0.138. The monoisotopic (exact) mass is 824 g/mol. The van der Waals surface area contributed by atoms with Crippen LogP contribution in [0.3, 0.4) is 0 Å². The molecule has 16 heteroatoms. The number of hydrogen-bond donors (Lipinski definition) is 6. The molecule has 4 aromatic rings. The number of nitrogens with zero attached hydrogens (tertiary/aromatic N) is 2. The molecule has 2 aromatic carbocycles. The third-order valence-electron chi connectivity index (χ3n) is 11.0. The predicted octanol–water partition coefficient (Wildman–Crippen LogP) is 3.13. The fourth-order valence-electron chi connectivity index (χ4n) is 7.28. The number of methoxy groups -OCH3 is 1. The maximum Gasteiger partial charge on any atom is 0.293 e. The number of hydrogen-bond acceptors (Lipinski definition) is 9. The van der Waals surface area contributed by atoms with Crippen molar-refractivity contribution in [2.75, 3.05) is 20.2 Å². The molecule has 2 aromatic heterocycles. The van der Waals surface area contributed by atoms with E-state index in [4.69, 9.17) is 9.26 Å². The molecule has 6 rings (SSSR count). The molecular weight excluding hydrogens is 769 g/mol. The maximum absolute atomic E-state index is 14.4. The van der Waals surface area contributed by atoms with Gasteiger partial charge in [0.15, 0.2) is 0 Å². The van der Waals surface area contributed by atoms with E-state index in [0.29, 0.717) is 17.0 Å². The van der Waals surface area contributed by atoms with Gasteiger partial charge in [-0.1, -0.05) is 63.2 Å². The highest BCUT2D eigenvalue weighted by molar-refractivity contribution is 5.98. The number of fused-ring (bicyclic) bond motifs is 1. The molecular formula is C44H56N8O8. The number of nitrogens with one attached hydrogen (secondary N) is 6. The molecule has 0 radical (unpaired) electrons. The molecule has 6 N–H and O–H groups in total. The average Bonchev–Trinajstić information content (AvgIpc) is 3.81. The maximum atomic E-state index is 14.4. The van der Waals surface area contributed by atoms with Gasteiger partial charge in [0.1, 0.15) is 36.5 Å². The number of carbonyl (C=O) groups excluding carboxylic acids is 6. The lowest BCUT2D eigenvalue weighted by atomic mass is 9.99. The van der Waals surface area contributed by atoms with Gasteiger partial charge in [0.2, 0.25) is 35.3 Å². The van der Waals surface area contributed by atoms with Gasteiger partial charge < -0.3 is 45.7 Å². The zero-order valence-electron chi connectivity index (χ0n) is 35.0. The zero-order valence-corrected chi connectivity index (χ0v) is 35.0. The van der Waals surface area contributed by atoms with Crippen LogP contribution < -0.4 is 31.3 Å². The Morgan fingerprint density at radius 2 is 1.50 bits per heavy atom. The van der Waals surface area contributed by atoms with Crippen LogP contribution >= 0.6 is 0 Å². The number of aromatic nitrogens is 2. The summed E-state index contributed by atoms with van der Waals surface area (Å²) < 4.78 is 10.8. The number of ether oxygens (including phenoxy) is 1. The van der Waals surface area contributed by atoms with E-state index in [9.17, 15) is 28.8 Å². The van der Waals surface area contributed by atoms with Crippen LogP contribution in [0.4, 0.5) is 0 Å². The van der Waals surface area contributed by atoms with E-state index in [-0.39, 0.29) is 49.3 Å². The van der Waals surface area contributed by atoms with Crippen molar-refractivity contribution in [2.24, 2.45) is 11.8 Å². The Morgan fingerprint density at radius 3 is 2.18 bits per heavy atom. The van der Waals surface area contributed by atoms with Crippen molar-refractivity contribution < 1.29 is 38.0 Å². The minimum Gasteiger partial charge on any atom is -0.497 e. The van der Waals surface area contributed by atoms with E-state index in [2.05, 4.69) is 36.7 Å². The fourth-order valence-corrected chi connectivity index (χ4v) is 7.28. The highest BCUT2D eigenvalue weighted by Gasteiger charge is 2.35. The van der Waals surface area contributed by atoms with Gasteiger partial charge in [0.05, 0.1) is 12.8 Å². The summed E-state index contributed by atoms with van der Waals surface area (Å²) in [7, 11) is 1.54. The first kappa shape index (κ1) is 43.4. The van der Waals surface area contributed by atoms with E-state index < -0.39 is 72.2 Å². The smallest absolute Gasteiger partial charge is 0.293 e. The lowest BCUT2D eigenvalue weighted by Gasteiger charge is -2.31.